The molecule has 3 nitrogen and oxygen atoms in total. The number of methoxy groups -OCH3 is 1. The summed E-state index contributed by atoms with van der Waals surface area (Å²) < 4.78 is 5.11. The van der Waals surface area contributed by atoms with Crippen LogP contribution in [-0.4, -0.2) is 12.2 Å². The van der Waals surface area contributed by atoms with Crippen molar-refractivity contribution in [3.8, 4) is 17.6 Å². The highest BCUT2D eigenvalue weighted by atomic mass is 35.5. The number of aryl methyl sites for hydroxylation is 1. The van der Waals surface area contributed by atoms with E-state index in [2.05, 4.69) is 0 Å². The molecule has 4 heteroatoms. The summed E-state index contributed by atoms with van der Waals surface area (Å²) in [6.07, 6.45) is 0.879. The molecule has 1 aromatic rings. The monoisotopic (exact) mass is 225 g/mol. The molecule has 0 unspecified atom stereocenters. The van der Waals surface area contributed by atoms with E-state index < -0.39 is 0 Å². The fourth-order valence-electron chi connectivity index (χ4n) is 1.44. The molecule has 0 radical (unpaired) electrons. The van der Waals surface area contributed by atoms with Gasteiger partial charge in [0.2, 0.25) is 0 Å². The Balaban J connectivity index is 3.37. The molecule has 0 bridgehead atoms. The largest absolute Gasteiger partial charge is 0.506 e. The van der Waals surface area contributed by atoms with Gasteiger partial charge < -0.3 is 9.84 Å². The van der Waals surface area contributed by atoms with E-state index in [1.54, 1.807) is 6.07 Å². The van der Waals surface area contributed by atoms with Crippen LogP contribution in [-0.2, 0) is 12.8 Å². The molecule has 0 aliphatic heterocycles. The fraction of sp³-hybridized carbons (Fsp3) is 0.364. The summed E-state index contributed by atoms with van der Waals surface area (Å²) in [7, 11) is 1.50. The first kappa shape index (κ1) is 11.7. The number of hydrogen-bond donors (Lipinski definition) is 1. The zero-order chi connectivity index (χ0) is 11.4. The van der Waals surface area contributed by atoms with Crippen molar-refractivity contribution in [2.75, 3.05) is 7.11 Å². The third-order valence-electron chi connectivity index (χ3n) is 2.21. The van der Waals surface area contributed by atoms with Crippen LogP contribution in [0.1, 0.15) is 18.1 Å². The van der Waals surface area contributed by atoms with E-state index >= 15 is 0 Å². The van der Waals surface area contributed by atoms with Crippen molar-refractivity contribution in [3.05, 3.63) is 22.2 Å². The van der Waals surface area contributed by atoms with E-state index in [1.807, 2.05) is 13.0 Å². The fourth-order valence-corrected chi connectivity index (χ4v) is 1.76. The lowest BCUT2D eigenvalue weighted by atomic mass is 10.0. The number of ether oxygens (including phenoxy) is 1. The van der Waals surface area contributed by atoms with Crippen molar-refractivity contribution in [2.24, 2.45) is 0 Å². The molecule has 0 heterocycles. The molecular weight excluding hydrogens is 214 g/mol. The Labute approximate surface area is 93.9 Å². The molecule has 0 fully saturated rings. The summed E-state index contributed by atoms with van der Waals surface area (Å²) in [6, 6.07) is 3.73. The number of hydrogen-bond acceptors (Lipinski definition) is 3. The second-order valence-electron chi connectivity index (χ2n) is 3.08. The zero-order valence-corrected chi connectivity index (χ0v) is 9.43. The molecule has 1 N–H and O–H groups in total. The number of phenols is 1. The summed E-state index contributed by atoms with van der Waals surface area (Å²) in [5.41, 5.74) is 1.44. The van der Waals surface area contributed by atoms with Gasteiger partial charge >= 0.3 is 0 Å². The Hall–Kier alpha value is -1.40. The van der Waals surface area contributed by atoms with Gasteiger partial charge in [-0.15, -0.1) is 0 Å². The number of benzene rings is 1. The highest BCUT2D eigenvalue weighted by Crippen LogP contribution is 2.39. The van der Waals surface area contributed by atoms with Crippen LogP contribution in [0.2, 0.25) is 5.02 Å². The van der Waals surface area contributed by atoms with Gasteiger partial charge in [-0.25, -0.2) is 0 Å². The van der Waals surface area contributed by atoms with Gasteiger partial charge in [-0.2, -0.15) is 5.26 Å². The Morgan fingerprint density at radius 1 is 1.53 bits per heavy atom. The van der Waals surface area contributed by atoms with Crippen molar-refractivity contribution in [2.45, 2.75) is 19.8 Å². The summed E-state index contributed by atoms with van der Waals surface area (Å²) in [6.45, 7) is 1.96. The smallest absolute Gasteiger partial charge is 0.144 e. The normalized spacial score (nSPS) is 9.73. The first-order valence-electron chi connectivity index (χ1n) is 4.59. The van der Waals surface area contributed by atoms with Crippen molar-refractivity contribution in [3.63, 3.8) is 0 Å². The van der Waals surface area contributed by atoms with Crippen LogP contribution < -0.4 is 4.74 Å². The Morgan fingerprint density at radius 2 is 2.20 bits per heavy atom. The number of halogens is 1. The van der Waals surface area contributed by atoms with Gasteiger partial charge in [0.05, 0.1) is 19.6 Å². The third kappa shape index (κ3) is 2.16. The molecule has 1 aromatic carbocycles. The van der Waals surface area contributed by atoms with Crippen LogP contribution >= 0.6 is 11.6 Å². The summed E-state index contributed by atoms with van der Waals surface area (Å²) in [4.78, 5) is 0. The van der Waals surface area contributed by atoms with Gasteiger partial charge in [-0.3, -0.25) is 0 Å². The van der Waals surface area contributed by atoms with Crippen molar-refractivity contribution < 1.29 is 9.84 Å². The molecule has 0 amide bonds. The number of rotatable bonds is 3. The second-order valence-corrected chi connectivity index (χ2v) is 3.46. The Kier molecular flexibility index (Phi) is 3.81. The maximum Gasteiger partial charge on any atom is 0.144 e. The molecular formula is C11H12ClNO2. The molecule has 0 aromatic heterocycles. The van der Waals surface area contributed by atoms with Crippen LogP contribution in [0, 0.1) is 11.3 Å². The lowest BCUT2D eigenvalue weighted by Crippen LogP contribution is -1.95. The van der Waals surface area contributed by atoms with E-state index in [1.165, 1.54) is 7.11 Å². The molecule has 0 spiro atoms. The first-order valence-corrected chi connectivity index (χ1v) is 4.97. The minimum atomic E-state index is -0.0627. The van der Waals surface area contributed by atoms with Gasteiger partial charge in [0.1, 0.15) is 16.5 Å². The Morgan fingerprint density at radius 3 is 2.67 bits per heavy atom. The highest BCUT2D eigenvalue weighted by molar-refractivity contribution is 6.33. The van der Waals surface area contributed by atoms with Crippen LogP contribution in [0.5, 0.6) is 11.5 Å². The number of phenolic OH excluding ortho intramolecular Hbond substituents is 1. The maximum atomic E-state index is 9.70. The van der Waals surface area contributed by atoms with Gasteiger partial charge in [0, 0.05) is 5.56 Å². The molecule has 0 aliphatic carbocycles. The minimum absolute atomic E-state index is 0.0627. The van der Waals surface area contributed by atoms with Gasteiger partial charge in [0.25, 0.3) is 0 Å². The quantitative estimate of drug-likeness (QED) is 0.861. The second kappa shape index (κ2) is 4.90. The summed E-state index contributed by atoms with van der Waals surface area (Å²) >= 11 is 5.93. The van der Waals surface area contributed by atoms with Gasteiger partial charge in [0.15, 0.2) is 0 Å². The molecule has 15 heavy (non-hydrogen) atoms. The van der Waals surface area contributed by atoms with E-state index in [9.17, 15) is 5.11 Å². The third-order valence-corrected chi connectivity index (χ3v) is 2.56. The zero-order valence-electron chi connectivity index (χ0n) is 8.67. The molecule has 80 valence electrons. The van der Waals surface area contributed by atoms with Crippen LogP contribution in [0.15, 0.2) is 6.07 Å². The van der Waals surface area contributed by atoms with Crippen LogP contribution in [0.3, 0.4) is 0 Å². The van der Waals surface area contributed by atoms with E-state index in [4.69, 9.17) is 21.6 Å². The van der Waals surface area contributed by atoms with E-state index in [0.29, 0.717) is 11.3 Å². The van der Waals surface area contributed by atoms with Gasteiger partial charge in [-0.1, -0.05) is 18.5 Å². The number of nitrogens with zero attached hydrogens (tertiary/aromatic N) is 1. The highest BCUT2D eigenvalue weighted by Gasteiger charge is 2.15. The topological polar surface area (TPSA) is 53.2 Å². The van der Waals surface area contributed by atoms with Crippen molar-refractivity contribution in [1.29, 1.82) is 5.26 Å². The average molecular weight is 226 g/mol. The SMILES string of the molecule is CCc1cc(CC#N)c(O)c(Cl)c1OC. The molecule has 0 aliphatic rings. The molecule has 0 atom stereocenters. The average Bonchev–Trinajstić information content (AvgIpc) is 2.24. The molecule has 0 saturated heterocycles. The standard InChI is InChI=1S/C11H12ClNO2/c1-3-7-6-8(4-5-13)10(14)9(12)11(7)15-2/h6,14H,3-4H2,1-2H3. The molecule has 0 saturated carbocycles. The van der Waals surface area contributed by atoms with E-state index in [0.717, 1.165) is 12.0 Å². The minimum Gasteiger partial charge on any atom is -0.506 e. The van der Waals surface area contributed by atoms with Crippen LogP contribution in [0.4, 0.5) is 0 Å². The first-order chi connectivity index (χ1) is 7.15. The predicted molar refractivity (Wildman–Crippen MR) is 58.4 cm³/mol. The van der Waals surface area contributed by atoms with Crippen LogP contribution in [0.25, 0.3) is 0 Å². The molecule has 1 rings (SSSR count). The summed E-state index contributed by atoms with van der Waals surface area (Å²) in [5.74, 6) is 0.422. The van der Waals surface area contributed by atoms with Crippen molar-refractivity contribution in [1.82, 2.24) is 0 Å². The number of aromatic hydroxyl groups is 1. The maximum absolute atomic E-state index is 9.70. The lowest BCUT2D eigenvalue weighted by molar-refractivity contribution is 0.402. The predicted octanol–water partition coefficient (Wildman–Crippen LogP) is 2.68. The Bertz CT molecular complexity index is 410. The summed E-state index contributed by atoms with van der Waals surface area (Å²) in [5, 5.41) is 18.5. The van der Waals surface area contributed by atoms with Crippen molar-refractivity contribution >= 4 is 11.6 Å². The number of nitriles is 1. The van der Waals surface area contributed by atoms with E-state index in [-0.39, 0.29) is 17.2 Å². The van der Waals surface area contributed by atoms with Gasteiger partial charge in [-0.05, 0) is 18.1 Å². The lowest BCUT2D eigenvalue weighted by Gasteiger charge is -2.12.